The first kappa shape index (κ1) is 29.7. The van der Waals surface area contributed by atoms with Gasteiger partial charge in [0, 0.05) is 72.2 Å². The highest BCUT2D eigenvalue weighted by molar-refractivity contribution is 7.89. The van der Waals surface area contributed by atoms with Crippen LogP contribution in [0.5, 0.6) is 0 Å². The molecule has 11 heteroatoms. The molecule has 0 bridgehead atoms. The summed E-state index contributed by atoms with van der Waals surface area (Å²) in [6.07, 6.45) is 4.75. The Morgan fingerprint density at radius 1 is 0.857 bits per heavy atom. The van der Waals surface area contributed by atoms with Crippen LogP contribution in [0.2, 0.25) is 0 Å². The zero-order valence-corrected chi connectivity index (χ0v) is 25.0. The second-order valence-corrected chi connectivity index (χ2v) is 13.1. The lowest BCUT2D eigenvalue weighted by Gasteiger charge is -2.35. The van der Waals surface area contributed by atoms with E-state index in [9.17, 15) is 18.5 Å². The maximum Gasteiger partial charge on any atom is 0.293 e. The van der Waals surface area contributed by atoms with Crippen LogP contribution >= 0.6 is 0 Å². The van der Waals surface area contributed by atoms with E-state index in [1.165, 1.54) is 30.0 Å². The number of hydrogen-bond acceptors (Lipinski definition) is 8. The lowest BCUT2D eigenvalue weighted by Crippen LogP contribution is -2.46. The highest BCUT2D eigenvalue weighted by atomic mass is 32.2. The number of hydrogen-bond donors (Lipinski definition) is 0. The number of piperidine rings is 1. The van der Waals surface area contributed by atoms with Crippen molar-refractivity contribution in [2.75, 3.05) is 63.2 Å². The molecule has 0 atom stereocenters. The molecule has 2 aliphatic heterocycles. The second-order valence-electron chi connectivity index (χ2n) is 11.0. The molecule has 5 rings (SSSR count). The van der Waals surface area contributed by atoms with Crippen molar-refractivity contribution in [2.24, 2.45) is 4.99 Å². The number of nitrogens with zero attached hydrogens (tertiary/aromatic N) is 6. The van der Waals surface area contributed by atoms with Gasteiger partial charge < -0.3 is 9.80 Å². The maximum atomic E-state index is 13.2. The van der Waals surface area contributed by atoms with E-state index in [2.05, 4.69) is 31.8 Å². The Labute approximate surface area is 248 Å². The minimum atomic E-state index is -3.70. The number of piperazine rings is 1. The van der Waals surface area contributed by atoms with Gasteiger partial charge in [0.2, 0.25) is 10.0 Å². The summed E-state index contributed by atoms with van der Waals surface area (Å²) in [5, 5.41) is 12.1. The van der Waals surface area contributed by atoms with Gasteiger partial charge in [0.25, 0.3) is 5.69 Å². The minimum Gasteiger partial charge on any atom is -0.370 e. The van der Waals surface area contributed by atoms with Gasteiger partial charge in [0.15, 0.2) is 0 Å². The minimum absolute atomic E-state index is 0.0341. The highest BCUT2D eigenvalue weighted by Gasteiger charge is 2.26. The average molecular weight is 591 g/mol. The van der Waals surface area contributed by atoms with Crippen molar-refractivity contribution in [2.45, 2.75) is 30.7 Å². The largest absolute Gasteiger partial charge is 0.370 e. The molecule has 2 saturated heterocycles. The van der Waals surface area contributed by atoms with Crippen LogP contribution in [0.25, 0.3) is 0 Å². The van der Waals surface area contributed by atoms with Crippen LogP contribution in [0, 0.1) is 10.1 Å². The summed E-state index contributed by atoms with van der Waals surface area (Å²) in [4.78, 5) is 23.0. The van der Waals surface area contributed by atoms with Gasteiger partial charge in [-0.3, -0.25) is 20.0 Å². The number of aliphatic imine (C=N–C) groups is 1. The topological polar surface area (TPSA) is 103 Å². The molecule has 0 N–H and O–H groups in total. The third kappa shape index (κ3) is 6.80. The zero-order chi connectivity index (χ0) is 29.7. The van der Waals surface area contributed by atoms with E-state index in [-0.39, 0.29) is 15.5 Å². The standard InChI is InChI=1S/C31H38N6O4S/c1-33(2)42(40,41)31-22-27(12-14-29(31)35-15-7-4-8-16-35)32-23-26-11-13-28(30(21-26)37(38)39)36-19-17-34(18-20-36)24-25-9-5-3-6-10-25/h3,5-6,9-14,21-23H,4,7-8,15-20,24H2,1-2H3. The molecule has 0 aliphatic carbocycles. The molecule has 2 aliphatic rings. The highest BCUT2D eigenvalue weighted by Crippen LogP contribution is 2.34. The quantitative estimate of drug-likeness (QED) is 0.198. The van der Waals surface area contributed by atoms with E-state index in [0.29, 0.717) is 35.7 Å². The summed E-state index contributed by atoms with van der Waals surface area (Å²) >= 11 is 0. The first-order valence-corrected chi connectivity index (χ1v) is 15.8. The van der Waals surface area contributed by atoms with Crippen molar-refractivity contribution >= 4 is 39.0 Å². The first-order chi connectivity index (χ1) is 20.2. The molecule has 0 radical (unpaired) electrons. The Hall–Kier alpha value is -3.80. The van der Waals surface area contributed by atoms with Crippen LogP contribution in [0.15, 0.2) is 76.6 Å². The third-order valence-electron chi connectivity index (χ3n) is 7.92. The van der Waals surface area contributed by atoms with Crippen molar-refractivity contribution in [3.05, 3.63) is 88.0 Å². The van der Waals surface area contributed by atoms with Crippen LogP contribution < -0.4 is 9.80 Å². The second kappa shape index (κ2) is 13.0. The van der Waals surface area contributed by atoms with E-state index < -0.39 is 10.0 Å². The molecule has 0 unspecified atom stereocenters. The molecule has 0 aromatic heterocycles. The zero-order valence-electron chi connectivity index (χ0n) is 24.2. The van der Waals surface area contributed by atoms with Gasteiger partial charge in [-0.1, -0.05) is 36.4 Å². The van der Waals surface area contributed by atoms with Crippen LogP contribution in [-0.4, -0.2) is 82.1 Å². The van der Waals surface area contributed by atoms with Gasteiger partial charge in [-0.05, 0) is 54.7 Å². The van der Waals surface area contributed by atoms with Gasteiger partial charge in [-0.15, -0.1) is 0 Å². The van der Waals surface area contributed by atoms with Gasteiger partial charge in [0.1, 0.15) is 10.6 Å². The van der Waals surface area contributed by atoms with E-state index in [0.717, 1.165) is 52.0 Å². The number of anilines is 2. The summed E-state index contributed by atoms with van der Waals surface area (Å²) < 4.78 is 27.6. The van der Waals surface area contributed by atoms with Crippen LogP contribution in [0.1, 0.15) is 30.4 Å². The van der Waals surface area contributed by atoms with E-state index in [1.807, 2.05) is 30.3 Å². The number of nitro groups is 1. The lowest BCUT2D eigenvalue weighted by atomic mass is 10.1. The Morgan fingerprint density at radius 3 is 2.19 bits per heavy atom. The molecule has 0 amide bonds. The molecule has 3 aromatic carbocycles. The molecular formula is C31H38N6O4S. The Balaban J connectivity index is 1.34. The molecule has 222 valence electrons. The van der Waals surface area contributed by atoms with Crippen LogP contribution in [0.4, 0.5) is 22.7 Å². The van der Waals surface area contributed by atoms with Crippen LogP contribution in [-0.2, 0) is 16.6 Å². The van der Waals surface area contributed by atoms with Crippen molar-refractivity contribution < 1.29 is 13.3 Å². The number of nitro benzene ring substituents is 1. The fourth-order valence-electron chi connectivity index (χ4n) is 5.55. The van der Waals surface area contributed by atoms with Gasteiger partial charge in [0.05, 0.1) is 16.3 Å². The van der Waals surface area contributed by atoms with Crippen molar-refractivity contribution in [3.63, 3.8) is 0 Å². The Bertz CT molecular complexity index is 1530. The Morgan fingerprint density at radius 2 is 1.52 bits per heavy atom. The third-order valence-corrected chi connectivity index (χ3v) is 9.76. The predicted molar refractivity (Wildman–Crippen MR) is 168 cm³/mol. The first-order valence-electron chi connectivity index (χ1n) is 14.4. The van der Waals surface area contributed by atoms with Gasteiger partial charge >= 0.3 is 0 Å². The van der Waals surface area contributed by atoms with Crippen molar-refractivity contribution in [3.8, 4) is 0 Å². The van der Waals surface area contributed by atoms with Gasteiger partial charge in [-0.25, -0.2) is 12.7 Å². The molecule has 42 heavy (non-hydrogen) atoms. The molecule has 2 heterocycles. The van der Waals surface area contributed by atoms with Crippen LogP contribution in [0.3, 0.4) is 0 Å². The Kier molecular flexibility index (Phi) is 9.20. The van der Waals surface area contributed by atoms with Crippen molar-refractivity contribution in [1.82, 2.24) is 9.21 Å². The molecule has 2 fully saturated rings. The summed E-state index contributed by atoms with van der Waals surface area (Å²) in [7, 11) is -0.655. The number of benzene rings is 3. The van der Waals surface area contributed by atoms with E-state index in [1.54, 1.807) is 24.4 Å². The fraction of sp³-hybridized carbons (Fsp3) is 0.387. The molecular weight excluding hydrogens is 552 g/mol. The molecule has 0 spiro atoms. The monoisotopic (exact) mass is 590 g/mol. The summed E-state index contributed by atoms with van der Waals surface area (Å²) in [6, 6.07) is 20.7. The van der Waals surface area contributed by atoms with E-state index in [4.69, 9.17) is 0 Å². The van der Waals surface area contributed by atoms with Gasteiger partial charge in [-0.2, -0.15) is 0 Å². The predicted octanol–water partition coefficient (Wildman–Crippen LogP) is 4.91. The summed E-state index contributed by atoms with van der Waals surface area (Å²) in [5.74, 6) is 0. The molecule has 10 nitrogen and oxygen atoms in total. The average Bonchev–Trinajstić information content (AvgIpc) is 3.01. The van der Waals surface area contributed by atoms with Crippen molar-refractivity contribution in [1.29, 1.82) is 0 Å². The van der Waals surface area contributed by atoms with E-state index >= 15 is 0 Å². The smallest absolute Gasteiger partial charge is 0.293 e. The molecule has 0 saturated carbocycles. The summed E-state index contributed by atoms with van der Waals surface area (Å²) in [5.41, 5.74) is 3.62. The lowest BCUT2D eigenvalue weighted by molar-refractivity contribution is -0.384. The number of sulfonamides is 1. The SMILES string of the molecule is CN(C)S(=O)(=O)c1cc(N=Cc2ccc(N3CCN(Cc4ccccc4)CC3)c([N+](=O)[O-])c2)ccc1N1CCCCC1. The number of rotatable bonds is 9. The normalized spacial score (nSPS) is 16.8. The maximum absolute atomic E-state index is 13.2. The molecule has 3 aromatic rings. The summed E-state index contributed by atoms with van der Waals surface area (Å²) in [6.45, 7) is 5.54. The fourth-order valence-corrected chi connectivity index (χ4v) is 6.68.